The maximum Gasteiger partial charge on any atom is 0.255 e. The summed E-state index contributed by atoms with van der Waals surface area (Å²) in [6.07, 6.45) is 0. The second-order valence-electron chi connectivity index (χ2n) is 7.11. The molecule has 1 fully saturated rings. The summed E-state index contributed by atoms with van der Waals surface area (Å²) in [7, 11) is 0. The zero-order valence-corrected chi connectivity index (χ0v) is 16.9. The Bertz CT molecular complexity index is 985. The molecule has 0 radical (unpaired) electrons. The van der Waals surface area contributed by atoms with Crippen LogP contribution < -0.4 is 0 Å². The number of carbonyl (C=O) groups is 1. The maximum atomic E-state index is 13.2. The molecule has 4 rings (SSSR count). The van der Waals surface area contributed by atoms with E-state index < -0.39 is 0 Å². The second-order valence-corrected chi connectivity index (χ2v) is 7.55. The van der Waals surface area contributed by atoms with Gasteiger partial charge in [0.25, 0.3) is 5.91 Å². The minimum atomic E-state index is 0.0573. The fourth-order valence-electron chi connectivity index (χ4n) is 3.62. The minimum Gasteiger partial charge on any atom is -0.378 e. The van der Waals surface area contributed by atoms with E-state index in [4.69, 9.17) is 16.3 Å². The molecule has 0 spiro atoms. The normalized spacial score (nSPS) is 14.3. The summed E-state index contributed by atoms with van der Waals surface area (Å²) in [4.78, 5) is 15.1. The van der Waals surface area contributed by atoms with Crippen molar-refractivity contribution in [3.8, 4) is 16.9 Å². The van der Waals surface area contributed by atoms with Crippen LogP contribution in [0.2, 0.25) is 5.02 Å². The van der Waals surface area contributed by atoms with E-state index in [0.717, 1.165) is 28.2 Å². The molecule has 1 aromatic heterocycles. The Hall–Kier alpha value is -2.56. The number of morpholine rings is 1. The zero-order chi connectivity index (χ0) is 19.7. The third-order valence-electron chi connectivity index (χ3n) is 5.21. The van der Waals surface area contributed by atoms with Gasteiger partial charge in [0.15, 0.2) is 0 Å². The van der Waals surface area contributed by atoms with E-state index in [-0.39, 0.29) is 5.91 Å². The lowest BCUT2D eigenvalue weighted by molar-refractivity contribution is 0.0302. The van der Waals surface area contributed by atoms with Crippen LogP contribution in [0.15, 0.2) is 54.6 Å². The Kier molecular flexibility index (Phi) is 5.25. The van der Waals surface area contributed by atoms with Crippen molar-refractivity contribution in [2.24, 2.45) is 0 Å². The Labute approximate surface area is 170 Å². The molecule has 1 saturated heterocycles. The van der Waals surface area contributed by atoms with Gasteiger partial charge in [-0.1, -0.05) is 41.4 Å². The Morgan fingerprint density at radius 1 is 0.964 bits per heavy atom. The first-order valence-electron chi connectivity index (χ1n) is 9.47. The highest BCUT2D eigenvalue weighted by atomic mass is 35.5. The predicted molar refractivity (Wildman–Crippen MR) is 112 cm³/mol. The fourth-order valence-corrected chi connectivity index (χ4v) is 3.75. The number of carbonyl (C=O) groups excluding carboxylic acids is 1. The van der Waals surface area contributed by atoms with Crippen molar-refractivity contribution in [3.05, 3.63) is 76.4 Å². The average molecular weight is 395 g/mol. The largest absolute Gasteiger partial charge is 0.378 e. The second kappa shape index (κ2) is 7.82. The van der Waals surface area contributed by atoms with Crippen molar-refractivity contribution in [1.29, 1.82) is 0 Å². The third-order valence-corrected chi connectivity index (χ3v) is 5.46. The van der Waals surface area contributed by atoms with Crippen molar-refractivity contribution in [1.82, 2.24) is 9.47 Å². The molecule has 0 N–H and O–H groups in total. The molecule has 2 heterocycles. The van der Waals surface area contributed by atoms with Gasteiger partial charge in [0.1, 0.15) is 0 Å². The molecular formula is C23H23ClN2O2. The van der Waals surface area contributed by atoms with Crippen LogP contribution in [0.25, 0.3) is 16.9 Å². The lowest BCUT2D eigenvalue weighted by Gasteiger charge is -2.26. The molecule has 1 amide bonds. The van der Waals surface area contributed by atoms with Crippen molar-refractivity contribution >= 4 is 17.5 Å². The van der Waals surface area contributed by atoms with Gasteiger partial charge in [0, 0.05) is 29.5 Å². The van der Waals surface area contributed by atoms with Crippen molar-refractivity contribution in [3.63, 3.8) is 0 Å². The van der Waals surface area contributed by atoms with E-state index in [1.807, 2.05) is 42.2 Å². The van der Waals surface area contributed by atoms with Gasteiger partial charge >= 0.3 is 0 Å². The van der Waals surface area contributed by atoms with Crippen molar-refractivity contribution in [2.75, 3.05) is 26.3 Å². The van der Waals surface area contributed by atoms with E-state index in [0.29, 0.717) is 31.3 Å². The molecular weight excluding hydrogens is 372 g/mol. The topological polar surface area (TPSA) is 34.5 Å². The molecule has 5 heteroatoms. The number of benzene rings is 2. The Morgan fingerprint density at radius 2 is 1.61 bits per heavy atom. The Morgan fingerprint density at radius 3 is 2.25 bits per heavy atom. The van der Waals surface area contributed by atoms with Crippen LogP contribution in [-0.4, -0.2) is 41.7 Å². The highest BCUT2D eigenvalue weighted by Gasteiger charge is 2.24. The van der Waals surface area contributed by atoms with Crippen LogP contribution in [0.5, 0.6) is 0 Å². The molecule has 0 bridgehead atoms. The van der Waals surface area contributed by atoms with Gasteiger partial charge in [-0.3, -0.25) is 4.79 Å². The first-order valence-corrected chi connectivity index (χ1v) is 9.85. The van der Waals surface area contributed by atoms with E-state index in [2.05, 4.69) is 35.8 Å². The number of halogens is 1. The smallest absolute Gasteiger partial charge is 0.255 e. The molecule has 0 saturated carbocycles. The summed E-state index contributed by atoms with van der Waals surface area (Å²) in [6.45, 7) is 6.52. The van der Waals surface area contributed by atoms with Gasteiger partial charge in [-0.15, -0.1) is 0 Å². The van der Waals surface area contributed by atoms with Crippen LogP contribution in [0.3, 0.4) is 0 Å². The summed E-state index contributed by atoms with van der Waals surface area (Å²) in [5.41, 5.74) is 5.90. The van der Waals surface area contributed by atoms with Crippen LogP contribution in [0, 0.1) is 13.8 Å². The SMILES string of the molecule is Cc1ccc(-n2c(-c3ccc(Cl)cc3)cc(C(=O)N3CCOCC3)c2C)cc1. The quantitative estimate of drug-likeness (QED) is 0.634. The first-order chi connectivity index (χ1) is 13.5. The van der Waals surface area contributed by atoms with E-state index in [1.54, 1.807) is 0 Å². The first kappa shape index (κ1) is 18.8. The summed E-state index contributed by atoms with van der Waals surface area (Å²) in [6, 6.07) is 18.1. The van der Waals surface area contributed by atoms with Gasteiger partial charge in [0.2, 0.25) is 0 Å². The summed E-state index contributed by atoms with van der Waals surface area (Å²) < 4.78 is 7.54. The lowest BCUT2D eigenvalue weighted by Crippen LogP contribution is -2.40. The van der Waals surface area contributed by atoms with Gasteiger partial charge < -0.3 is 14.2 Å². The van der Waals surface area contributed by atoms with E-state index in [9.17, 15) is 4.79 Å². The third kappa shape index (κ3) is 3.58. The Balaban J connectivity index is 1.84. The van der Waals surface area contributed by atoms with Crippen molar-refractivity contribution < 1.29 is 9.53 Å². The van der Waals surface area contributed by atoms with Crippen LogP contribution >= 0.6 is 11.6 Å². The van der Waals surface area contributed by atoms with Crippen molar-refractivity contribution in [2.45, 2.75) is 13.8 Å². The van der Waals surface area contributed by atoms with Crippen LogP contribution in [-0.2, 0) is 4.74 Å². The molecule has 1 aliphatic rings. The van der Waals surface area contributed by atoms with Crippen LogP contribution in [0.1, 0.15) is 21.6 Å². The van der Waals surface area contributed by atoms with Crippen LogP contribution in [0.4, 0.5) is 0 Å². The molecule has 0 unspecified atom stereocenters. The number of nitrogens with zero attached hydrogens (tertiary/aromatic N) is 2. The number of aryl methyl sites for hydroxylation is 1. The molecule has 0 aliphatic carbocycles. The molecule has 0 atom stereocenters. The average Bonchev–Trinajstić information content (AvgIpc) is 3.06. The standard InChI is InChI=1S/C23H23ClN2O2/c1-16-3-9-20(10-4-16)26-17(2)21(23(27)25-11-13-28-14-12-25)15-22(26)18-5-7-19(24)8-6-18/h3-10,15H,11-14H2,1-2H3. The molecule has 3 aromatic rings. The highest BCUT2D eigenvalue weighted by molar-refractivity contribution is 6.30. The maximum absolute atomic E-state index is 13.2. The van der Waals surface area contributed by atoms with Gasteiger partial charge in [-0.2, -0.15) is 0 Å². The number of aromatic nitrogens is 1. The molecule has 4 nitrogen and oxygen atoms in total. The highest BCUT2D eigenvalue weighted by Crippen LogP contribution is 2.31. The predicted octanol–water partition coefficient (Wildman–Crippen LogP) is 4.89. The van der Waals surface area contributed by atoms with E-state index in [1.165, 1.54) is 5.56 Å². The number of rotatable bonds is 3. The summed E-state index contributed by atoms with van der Waals surface area (Å²) >= 11 is 6.08. The fraction of sp³-hybridized carbons (Fsp3) is 0.261. The summed E-state index contributed by atoms with van der Waals surface area (Å²) in [5, 5.41) is 0.693. The van der Waals surface area contributed by atoms with Gasteiger partial charge in [0.05, 0.1) is 24.5 Å². The number of ether oxygens (including phenoxy) is 1. The zero-order valence-electron chi connectivity index (χ0n) is 16.1. The van der Waals surface area contributed by atoms with Gasteiger partial charge in [-0.05, 0) is 49.7 Å². The lowest BCUT2D eigenvalue weighted by atomic mass is 10.1. The minimum absolute atomic E-state index is 0.0573. The number of hydrogen-bond donors (Lipinski definition) is 0. The number of hydrogen-bond acceptors (Lipinski definition) is 2. The molecule has 1 aliphatic heterocycles. The summed E-state index contributed by atoms with van der Waals surface area (Å²) in [5.74, 6) is 0.0573. The number of amides is 1. The molecule has 2 aromatic carbocycles. The molecule has 28 heavy (non-hydrogen) atoms. The molecule has 144 valence electrons. The van der Waals surface area contributed by atoms with E-state index >= 15 is 0 Å². The monoisotopic (exact) mass is 394 g/mol. The van der Waals surface area contributed by atoms with Gasteiger partial charge in [-0.25, -0.2) is 0 Å².